The summed E-state index contributed by atoms with van der Waals surface area (Å²) in [6.07, 6.45) is 3.29. The lowest BCUT2D eigenvalue weighted by Crippen LogP contribution is -2.35. The van der Waals surface area contributed by atoms with E-state index in [9.17, 15) is 4.79 Å². The molecule has 2 aliphatic heterocycles. The van der Waals surface area contributed by atoms with Gasteiger partial charge in [0, 0.05) is 25.2 Å². The molecule has 2 aromatic rings. The summed E-state index contributed by atoms with van der Waals surface area (Å²) < 4.78 is 6.25. The van der Waals surface area contributed by atoms with Gasteiger partial charge in [-0.3, -0.25) is 4.79 Å². The summed E-state index contributed by atoms with van der Waals surface area (Å²) in [5, 5.41) is 6.48. The van der Waals surface area contributed by atoms with Crippen LogP contribution in [-0.4, -0.2) is 50.1 Å². The van der Waals surface area contributed by atoms with Crippen LogP contribution in [0.25, 0.3) is 0 Å². The Kier molecular flexibility index (Phi) is 5.93. The van der Waals surface area contributed by atoms with E-state index >= 15 is 0 Å². The van der Waals surface area contributed by atoms with Crippen LogP contribution in [0.1, 0.15) is 41.1 Å². The SMILES string of the molecule is CN1CCC(Oc2ccccc2NC(=O)c2ccccc2[C@@H]2CCNC2)CC1. The molecule has 0 spiro atoms. The number of amides is 1. The molecule has 4 rings (SSSR count). The molecule has 0 aromatic heterocycles. The second-order valence-corrected chi connectivity index (χ2v) is 7.85. The van der Waals surface area contributed by atoms with Crippen molar-refractivity contribution in [3.8, 4) is 5.75 Å². The van der Waals surface area contributed by atoms with Gasteiger partial charge in [0.2, 0.25) is 0 Å². The maximum atomic E-state index is 13.1. The largest absolute Gasteiger partial charge is 0.488 e. The number of hydrogen-bond acceptors (Lipinski definition) is 4. The summed E-state index contributed by atoms with van der Waals surface area (Å²) in [5.74, 6) is 1.08. The van der Waals surface area contributed by atoms with E-state index in [1.807, 2.05) is 42.5 Å². The van der Waals surface area contributed by atoms with Crippen molar-refractivity contribution in [3.63, 3.8) is 0 Å². The molecule has 1 atom stereocenters. The van der Waals surface area contributed by atoms with Crippen molar-refractivity contribution < 1.29 is 9.53 Å². The van der Waals surface area contributed by atoms with Crippen molar-refractivity contribution in [3.05, 3.63) is 59.7 Å². The van der Waals surface area contributed by atoms with E-state index < -0.39 is 0 Å². The number of rotatable bonds is 5. The minimum absolute atomic E-state index is 0.0677. The van der Waals surface area contributed by atoms with Gasteiger partial charge in [0.15, 0.2) is 0 Å². The summed E-state index contributed by atoms with van der Waals surface area (Å²) >= 11 is 0. The monoisotopic (exact) mass is 379 g/mol. The first-order valence-corrected chi connectivity index (χ1v) is 10.3. The molecule has 2 fully saturated rings. The normalized spacial score (nSPS) is 20.8. The molecule has 1 amide bonds. The summed E-state index contributed by atoms with van der Waals surface area (Å²) in [7, 11) is 2.14. The predicted molar refractivity (Wildman–Crippen MR) is 112 cm³/mol. The highest BCUT2D eigenvalue weighted by Crippen LogP contribution is 2.30. The van der Waals surface area contributed by atoms with Crippen LogP contribution in [0.15, 0.2) is 48.5 Å². The van der Waals surface area contributed by atoms with Crippen molar-refractivity contribution in [2.45, 2.75) is 31.3 Å². The second kappa shape index (κ2) is 8.76. The van der Waals surface area contributed by atoms with Crippen LogP contribution in [0.2, 0.25) is 0 Å². The van der Waals surface area contributed by atoms with E-state index in [2.05, 4.69) is 28.6 Å². The highest BCUT2D eigenvalue weighted by Gasteiger charge is 2.23. The molecule has 0 saturated carbocycles. The van der Waals surface area contributed by atoms with Crippen molar-refractivity contribution in [1.82, 2.24) is 10.2 Å². The van der Waals surface area contributed by atoms with Gasteiger partial charge in [0.1, 0.15) is 11.9 Å². The van der Waals surface area contributed by atoms with Crippen LogP contribution in [0.4, 0.5) is 5.69 Å². The smallest absolute Gasteiger partial charge is 0.256 e. The molecule has 28 heavy (non-hydrogen) atoms. The van der Waals surface area contributed by atoms with Crippen LogP contribution < -0.4 is 15.4 Å². The lowest BCUT2D eigenvalue weighted by molar-refractivity contribution is 0.102. The Bertz CT molecular complexity index is 809. The van der Waals surface area contributed by atoms with Crippen LogP contribution in [-0.2, 0) is 0 Å². The number of carbonyl (C=O) groups is 1. The van der Waals surface area contributed by atoms with Crippen LogP contribution >= 0.6 is 0 Å². The van der Waals surface area contributed by atoms with E-state index in [4.69, 9.17) is 4.74 Å². The standard InChI is InChI=1S/C23H29N3O2/c1-26-14-11-18(12-15-26)28-22-9-5-4-8-21(22)25-23(27)20-7-3-2-6-19(20)17-10-13-24-16-17/h2-9,17-18,24H,10-16H2,1H3,(H,25,27)/t17-/m1/s1. The number of piperidine rings is 1. The third-order valence-corrected chi connectivity index (χ3v) is 5.80. The highest BCUT2D eigenvalue weighted by atomic mass is 16.5. The highest BCUT2D eigenvalue weighted by molar-refractivity contribution is 6.06. The van der Waals surface area contributed by atoms with Crippen LogP contribution in [0, 0.1) is 0 Å². The molecule has 5 heteroatoms. The number of anilines is 1. The minimum Gasteiger partial charge on any atom is -0.488 e. The van der Waals surface area contributed by atoms with Gasteiger partial charge in [0.25, 0.3) is 5.91 Å². The molecule has 0 radical (unpaired) electrons. The molecule has 5 nitrogen and oxygen atoms in total. The Hall–Kier alpha value is -2.37. The topological polar surface area (TPSA) is 53.6 Å². The zero-order valence-electron chi connectivity index (χ0n) is 16.5. The lowest BCUT2D eigenvalue weighted by atomic mass is 9.93. The zero-order chi connectivity index (χ0) is 19.3. The predicted octanol–water partition coefficient (Wildman–Crippen LogP) is 3.49. The first-order chi connectivity index (χ1) is 13.7. The number of para-hydroxylation sites is 2. The van der Waals surface area contributed by atoms with Gasteiger partial charge in [-0.05, 0) is 62.5 Å². The third kappa shape index (κ3) is 4.37. The third-order valence-electron chi connectivity index (χ3n) is 5.80. The number of nitrogens with zero attached hydrogens (tertiary/aromatic N) is 1. The molecule has 148 valence electrons. The molecule has 0 unspecified atom stereocenters. The van der Waals surface area contributed by atoms with E-state index in [0.717, 1.165) is 68.0 Å². The quantitative estimate of drug-likeness (QED) is 0.835. The first kappa shape index (κ1) is 19.0. The lowest BCUT2D eigenvalue weighted by Gasteiger charge is -2.29. The fourth-order valence-corrected chi connectivity index (χ4v) is 4.12. The number of nitrogens with one attached hydrogen (secondary N) is 2. The maximum Gasteiger partial charge on any atom is 0.256 e. The van der Waals surface area contributed by atoms with Gasteiger partial charge < -0.3 is 20.3 Å². The van der Waals surface area contributed by atoms with Gasteiger partial charge in [-0.25, -0.2) is 0 Å². The second-order valence-electron chi connectivity index (χ2n) is 7.85. The average Bonchev–Trinajstić information content (AvgIpc) is 3.26. The molecule has 0 bridgehead atoms. The Morgan fingerprint density at radius 3 is 2.61 bits per heavy atom. The van der Waals surface area contributed by atoms with Gasteiger partial charge in [0.05, 0.1) is 5.69 Å². The zero-order valence-corrected chi connectivity index (χ0v) is 16.5. The fraction of sp³-hybridized carbons (Fsp3) is 0.435. The Balaban J connectivity index is 1.50. The molecular weight excluding hydrogens is 350 g/mol. The minimum atomic E-state index is -0.0677. The summed E-state index contributed by atoms with van der Waals surface area (Å²) in [6, 6.07) is 15.7. The Morgan fingerprint density at radius 2 is 1.82 bits per heavy atom. The summed E-state index contributed by atoms with van der Waals surface area (Å²) in [4.78, 5) is 15.4. The van der Waals surface area contributed by atoms with E-state index in [0.29, 0.717) is 5.92 Å². The Morgan fingerprint density at radius 1 is 1.07 bits per heavy atom. The van der Waals surface area contributed by atoms with E-state index in [-0.39, 0.29) is 12.0 Å². The number of ether oxygens (including phenoxy) is 1. The molecule has 2 heterocycles. The van der Waals surface area contributed by atoms with Crippen LogP contribution in [0.3, 0.4) is 0 Å². The van der Waals surface area contributed by atoms with Crippen molar-refractivity contribution >= 4 is 11.6 Å². The van der Waals surface area contributed by atoms with Gasteiger partial charge in [-0.2, -0.15) is 0 Å². The summed E-state index contributed by atoms with van der Waals surface area (Å²) in [5.41, 5.74) is 2.62. The fourth-order valence-electron chi connectivity index (χ4n) is 4.12. The summed E-state index contributed by atoms with van der Waals surface area (Å²) in [6.45, 7) is 4.03. The molecule has 2 saturated heterocycles. The van der Waals surface area contributed by atoms with Gasteiger partial charge in [-0.15, -0.1) is 0 Å². The average molecular weight is 380 g/mol. The van der Waals surface area contributed by atoms with Gasteiger partial charge in [-0.1, -0.05) is 30.3 Å². The number of likely N-dealkylation sites (tertiary alicyclic amines) is 1. The molecule has 2 aliphatic rings. The Labute approximate surface area is 167 Å². The van der Waals surface area contributed by atoms with Crippen molar-refractivity contribution in [2.24, 2.45) is 0 Å². The number of carbonyl (C=O) groups excluding carboxylic acids is 1. The van der Waals surface area contributed by atoms with Gasteiger partial charge >= 0.3 is 0 Å². The molecule has 0 aliphatic carbocycles. The maximum absolute atomic E-state index is 13.1. The molecule has 2 N–H and O–H groups in total. The molecule has 2 aromatic carbocycles. The van der Waals surface area contributed by atoms with E-state index in [1.54, 1.807) is 0 Å². The number of benzene rings is 2. The molecular formula is C23H29N3O2. The van der Waals surface area contributed by atoms with Crippen LogP contribution in [0.5, 0.6) is 5.75 Å². The first-order valence-electron chi connectivity index (χ1n) is 10.3. The van der Waals surface area contributed by atoms with Crippen molar-refractivity contribution in [2.75, 3.05) is 38.5 Å². The number of hydrogen-bond donors (Lipinski definition) is 2. The van der Waals surface area contributed by atoms with E-state index in [1.165, 1.54) is 0 Å². The van der Waals surface area contributed by atoms with Crippen molar-refractivity contribution in [1.29, 1.82) is 0 Å².